The summed E-state index contributed by atoms with van der Waals surface area (Å²) in [4.78, 5) is 12.1. The summed E-state index contributed by atoms with van der Waals surface area (Å²) < 4.78 is 43.4. The maximum atomic E-state index is 12.8. The first-order chi connectivity index (χ1) is 12.8. The van der Waals surface area contributed by atoms with Gasteiger partial charge in [-0.2, -0.15) is 0 Å². The minimum Gasteiger partial charge on any atom is -0.468 e. The number of hydrogen-bond acceptors (Lipinski definition) is 7. The number of nitrogens with one attached hydrogen (secondary N) is 1. The van der Waals surface area contributed by atoms with E-state index in [1.807, 2.05) is 6.92 Å². The lowest BCUT2D eigenvalue weighted by atomic mass is 10.0. The van der Waals surface area contributed by atoms with Crippen LogP contribution >= 0.6 is 0 Å². The molecule has 2 atom stereocenters. The molecule has 1 heterocycles. The Morgan fingerprint density at radius 2 is 1.81 bits per heavy atom. The van der Waals surface area contributed by atoms with E-state index in [0.29, 0.717) is 17.1 Å². The van der Waals surface area contributed by atoms with Crippen molar-refractivity contribution in [3.8, 4) is 11.5 Å². The van der Waals surface area contributed by atoms with E-state index in [-0.39, 0.29) is 11.7 Å². The number of carbonyl (C=O) groups excluding carboxylic acids is 1. The molecule has 0 amide bonds. The Balaban J connectivity index is 1.97. The average Bonchev–Trinajstić information content (AvgIpc) is 3.13. The fourth-order valence-corrected chi connectivity index (χ4v) is 3.93. The molecular formula is C18H20N2O6S. The summed E-state index contributed by atoms with van der Waals surface area (Å²) in [5.74, 6) is 0.235. The highest BCUT2D eigenvalue weighted by Crippen LogP contribution is 2.35. The predicted octanol–water partition coefficient (Wildman–Crippen LogP) is 1.24. The zero-order valence-electron chi connectivity index (χ0n) is 14.8. The lowest BCUT2D eigenvalue weighted by Gasteiger charge is -2.24. The van der Waals surface area contributed by atoms with E-state index < -0.39 is 28.1 Å². The Kier molecular flexibility index (Phi) is 5.36. The SMILES string of the molecule is COC(=O)[C@@H](N)[C@@H](NS(=O)(=O)c1ccc(C)cc1)c1ccc2c(c1)OCO2. The summed E-state index contributed by atoms with van der Waals surface area (Å²) >= 11 is 0. The van der Waals surface area contributed by atoms with Gasteiger partial charge in [-0.1, -0.05) is 23.8 Å². The van der Waals surface area contributed by atoms with Crippen LogP contribution in [0.4, 0.5) is 0 Å². The van der Waals surface area contributed by atoms with E-state index in [9.17, 15) is 13.2 Å². The van der Waals surface area contributed by atoms with Gasteiger partial charge in [-0.25, -0.2) is 13.1 Å². The molecule has 0 fully saturated rings. The fourth-order valence-electron chi connectivity index (χ4n) is 2.68. The zero-order chi connectivity index (χ0) is 19.6. The molecule has 0 saturated carbocycles. The summed E-state index contributed by atoms with van der Waals surface area (Å²) in [6.07, 6.45) is 0. The molecule has 0 aromatic heterocycles. The molecule has 3 N–H and O–H groups in total. The van der Waals surface area contributed by atoms with E-state index in [1.54, 1.807) is 30.3 Å². The van der Waals surface area contributed by atoms with Crippen LogP contribution in [0.1, 0.15) is 17.2 Å². The number of esters is 1. The first-order valence-corrected chi connectivity index (χ1v) is 9.62. The highest BCUT2D eigenvalue weighted by Gasteiger charge is 2.32. The number of hydrogen-bond donors (Lipinski definition) is 2. The Hall–Kier alpha value is -2.62. The van der Waals surface area contributed by atoms with Crippen LogP contribution in [0.25, 0.3) is 0 Å². The van der Waals surface area contributed by atoms with Gasteiger partial charge in [0.15, 0.2) is 11.5 Å². The van der Waals surface area contributed by atoms with Crippen LogP contribution in [0.15, 0.2) is 47.4 Å². The first-order valence-electron chi connectivity index (χ1n) is 8.14. The van der Waals surface area contributed by atoms with Crippen molar-refractivity contribution in [3.63, 3.8) is 0 Å². The predicted molar refractivity (Wildman–Crippen MR) is 96.8 cm³/mol. The zero-order valence-corrected chi connectivity index (χ0v) is 15.7. The average molecular weight is 392 g/mol. The number of benzene rings is 2. The molecule has 144 valence electrons. The van der Waals surface area contributed by atoms with Crippen LogP contribution in [0.2, 0.25) is 0 Å². The quantitative estimate of drug-likeness (QED) is 0.711. The largest absolute Gasteiger partial charge is 0.468 e. The molecule has 2 aromatic carbocycles. The highest BCUT2D eigenvalue weighted by molar-refractivity contribution is 7.89. The molecule has 0 spiro atoms. The van der Waals surface area contributed by atoms with Gasteiger partial charge in [0.2, 0.25) is 16.8 Å². The third-order valence-electron chi connectivity index (χ3n) is 4.20. The minimum atomic E-state index is -3.94. The van der Waals surface area contributed by atoms with Crippen molar-refractivity contribution in [2.24, 2.45) is 5.73 Å². The lowest BCUT2D eigenvalue weighted by molar-refractivity contribution is -0.142. The van der Waals surface area contributed by atoms with Crippen molar-refractivity contribution < 1.29 is 27.4 Å². The fraction of sp³-hybridized carbons (Fsp3) is 0.278. The molecule has 1 aliphatic rings. The smallest absolute Gasteiger partial charge is 0.324 e. The van der Waals surface area contributed by atoms with Crippen LogP contribution < -0.4 is 19.9 Å². The third kappa shape index (κ3) is 4.05. The second-order valence-corrected chi connectivity index (χ2v) is 7.79. The summed E-state index contributed by atoms with van der Waals surface area (Å²) in [5, 5.41) is 0. The topological polar surface area (TPSA) is 117 Å². The summed E-state index contributed by atoms with van der Waals surface area (Å²) in [6, 6.07) is 8.88. The molecule has 2 aromatic rings. The number of ether oxygens (including phenoxy) is 3. The molecule has 3 rings (SSSR count). The Morgan fingerprint density at radius 3 is 2.48 bits per heavy atom. The normalized spacial score (nSPS) is 15.2. The number of fused-ring (bicyclic) bond motifs is 1. The Bertz CT molecular complexity index is 943. The molecule has 0 aliphatic carbocycles. The van der Waals surface area contributed by atoms with Gasteiger partial charge in [-0.3, -0.25) is 4.79 Å². The van der Waals surface area contributed by atoms with Gasteiger partial charge in [0.05, 0.1) is 18.0 Å². The number of rotatable bonds is 6. The van der Waals surface area contributed by atoms with Crippen LogP contribution in [-0.4, -0.2) is 34.3 Å². The van der Waals surface area contributed by atoms with Gasteiger partial charge in [-0.05, 0) is 36.8 Å². The number of methoxy groups -OCH3 is 1. The van der Waals surface area contributed by atoms with Crippen molar-refractivity contribution in [2.75, 3.05) is 13.9 Å². The maximum absolute atomic E-state index is 12.8. The van der Waals surface area contributed by atoms with E-state index in [4.69, 9.17) is 15.2 Å². The Morgan fingerprint density at radius 1 is 1.15 bits per heavy atom. The van der Waals surface area contributed by atoms with Gasteiger partial charge in [0.25, 0.3) is 0 Å². The second kappa shape index (κ2) is 7.55. The molecule has 27 heavy (non-hydrogen) atoms. The number of nitrogens with two attached hydrogens (primary N) is 1. The van der Waals surface area contributed by atoms with Crippen LogP contribution in [0.3, 0.4) is 0 Å². The van der Waals surface area contributed by atoms with Crippen molar-refractivity contribution in [2.45, 2.75) is 23.9 Å². The summed E-state index contributed by atoms with van der Waals surface area (Å²) in [7, 11) is -2.75. The maximum Gasteiger partial charge on any atom is 0.324 e. The number of aryl methyl sites for hydroxylation is 1. The molecule has 0 saturated heterocycles. The molecular weight excluding hydrogens is 372 g/mol. The number of sulfonamides is 1. The van der Waals surface area contributed by atoms with Crippen molar-refractivity contribution >= 4 is 16.0 Å². The van der Waals surface area contributed by atoms with Gasteiger partial charge >= 0.3 is 5.97 Å². The molecule has 8 nitrogen and oxygen atoms in total. The lowest BCUT2D eigenvalue weighted by Crippen LogP contribution is -2.46. The van der Waals surface area contributed by atoms with Crippen molar-refractivity contribution in [1.29, 1.82) is 0 Å². The highest BCUT2D eigenvalue weighted by atomic mass is 32.2. The monoisotopic (exact) mass is 392 g/mol. The van der Waals surface area contributed by atoms with Crippen LogP contribution in [-0.2, 0) is 19.6 Å². The third-order valence-corrected chi connectivity index (χ3v) is 5.66. The van der Waals surface area contributed by atoms with Crippen LogP contribution in [0, 0.1) is 6.92 Å². The Labute approximate surface area is 157 Å². The summed E-state index contributed by atoms with van der Waals surface area (Å²) in [5.41, 5.74) is 7.36. The van der Waals surface area contributed by atoms with Crippen LogP contribution in [0.5, 0.6) is 11.5 Å². The molecule has 0 radical (unpaired) electrons. The van der Waals surface area contributed by atoms with E-state index in [2.05, 4.69) is 9.46 Å². The molecule has 0 bridgehead atoms. The molecule has 0 unspecified atom stereocenters. The van der Waals surface area contributed by atoms with Gasteiger partial charge in [0, 0.05) is 0 Å². The molecule has 9 heteroatoms. The minimum absolute atomic E-state index is 0.0657. The van der Waals surface area contributed by atoms with Gasteiger partial charge < -0.3 is 19.9 Å². The van der Waals surface area contributed by atoms with E-state index >= 15 is 0 Å². The van der Waals surface area contributed by atoms with E-state index in [0.717, 1.165) is 5.56 Å². The standard InChI is InChI=1S/C18H20N2O6S/c1-11-3-6-13(7-4-11)27(22,23)20-17(16(19)18(21)24-2)12-5-8-14-15(9-12)26-10-25-14/h3-9,16-17,20H,10,19H2,1-2H3/t16-,17-/m0/s1. The second-order valence-electron chi connectivity index (χ2n) is 6.07. The van der Waals surface area contributed by atoms with E-state index in [1.165, 1.54) is 19.2 Å². The van der Waals surface area contributed by atoms with Gasteiger partial charge in [-0.15, -0.1) is 0 Å². The number of carbonyl (C=O) groups is 1. The first kappa shape index (κ1) is 19.2. The van der Waals surface area contributed by atoms with Crippen molar-refractivity contribution in [1.82, 2.24) is 4.72 Å². The molecule has 1 aliphatic heterocycles. The summed E-state index contributed by atoms with van der Waals surface area (Å²) in [6.45, 7) is 1.92. The van der Waals surface area contributed by atoms with Gasteiger partial charge in [0.1, 0.15) is 6.04 Å². The van der Waals surface area contributed by atoms with Crippen molar-refractivity contribution in [3.05, 3.63) is 53.6 Å².